The topological polar surface area (TPSA) is 174 Å². The van der Waals surface area contributed by atoms with Crippen molar-refractivity contribution >= 4 is 23.9 Å². The van der Waals surface area contributed by atoms with Crippen LogP contribution in [0.1, 0.15) is 46.1 Å². The largest absolute Gasteiger partial charge is 0.479 e. The summed E-state index contributed by atoms with van der Waals surface area (Å²) in [6.45, 7) is 9.87. The minimum Gasteiger partial charge on any atom is -0.479 e. The Morgan fingerprint density at radius 3 is 2.21 bits per heavy atom. The molecule has 3 N–H and O–H groups in total. The predicted octanol–water partition coefficient (Wildman–Crippen LogP) is 3.60. The molecule has 0 bridgehead atoms. The van der Waals surface area contributed by atoms with E-state index in [1.54, 1.807) is 25.6 Å². The van der Waals surface area contributed by atoms with Gasteiger partial charge in [0.1, 0.15) is 35.1 Å². The van der Waals surface area contributed by atoms with Crippen molar-refractivity contribution in [3.8, 4) is 22.5 Å². The molecule has 4 heterocycles. The van der Waals surface area contributed by atoms with Crippen LogP contribution in [-0.2, 0) is 28.6 Å². The highest BCUT2D eigenvalue weighted by Gasteiger charge is 2.61. The Labute approximate surface area is 301 Å². The van der Waals surface area contributed by atoms with Crippen molar-refractivity contribution in [2.45, 2.75) is 82.0 Å². The number of amides is 3. The zero-order valence-electron chi connectivity index (χ0n) is 29.4. The summed E-state index contributed by atoms with van der Waals surface area (Å²) in [5.41, 5.74) is 0.638. The zero-order valence-corrected chi connectivity index (χ0v) is 29.4. The Balaban J connectivity index is 1.19. The van der Waals surface area contributed by atoms with Crippen molar-refractivity contribution in [3.05, 3.63) is 73.3 Å². The number of carbonyl (C=O) groups excluding carboxylic acids is 3. The van der Waals surface area contributed by atoms with Gasteiger partial charge in [0.15, 0.2) is 6.10 Å². The second-order valence-electron chi connectivity index (χ2n) is 15.0. The minimum absolute atomic E-state index is 0.0242. The van der Waals surface area contributed by atoms with Gasteiger partial charge in [-0.1, -0.05) is 87.5 Å². The first-order valence-corrected chi connectivity index (χ1v) is 17.7. The highest BCUT2D eigenvalue weighted by Crippen LogP contribution is 2.45. The molecule has 1 saturated carbocycles. The fourth-order valence-electron chi connectivity index (χ4n) is 7.49. The number of nitrogens with one attached hydrogen (secondary N) is 2. The summed E-state index contributed by atoms with van der Waals surface area (Å²) >= 11 is 0. The molecule has 14 heteroatoms. The third-order valence-electron chi connectivity index (χ3n) is 10.5. The van der Waals surface area contributed by atoms with Gasteiger partial charge in [0, 0.05) is 36.6 Å². The number of ether oxygens (including phenoxy) is 3. The average Bonchev–Trinajstić information content (AvgIpc) is 3.65. The Morgan fingerprint density at radius 2 is 1.65 bits per heavy atom. The molecule has 3 amide bonds. The Hall–Kier alpha value is -5.08. The third kappa shape index (κ3) is 6.68. The van der Waals surface area contributed by atoms with Crippen molar-refractivity contribution in [3.63, 3.8) is 0 Å². The smallest absolute Gasteiger partial charge is 0.408 e. The molecular formula is C38H44N6O8. The van der Waals surface area contributed by atoms with Gasteiger partial charge in [-0.05, 0) is 18.3 Å². The van der Waals surface area contributed by atoms with Gasteiger partial charge >= 0.3 is 12.1 Å². The van der Waals surface area contributed by atoms with E-state index in [0.717, 1.165) is 17.5 Å². The summed E-state index contributed by atoms with van der Waals surface area (Å²) in [4.78, 5) is 57.4. The molecule has 3 aliphatic heterocycles. The lowest BCUT2D eigenvalue weighted by molar-refractivity contribution is -0.146. The van der Waals surface area contributed by atoms with Gasteiger partial charge in [-0.3, -0.25) is 9.59 Å². The number of carbonyl (C=O) groups is 4. The number of likely N-dealkylation sites (tertiary alicyclic amines) is 1. The van der Waals surface area contributed by atoms with E-state index in [2.05, 4.69) is 17.2 Å². The Morgan fingerprint density at radius 1 is 1.02 bits per heavy atom. The van der Waals surface area contributed by atoms with Crippen molar-refractivity contribution in [1.29, 1.82) is 0 Å². The number of hydrogen-bond donors (Lipinski definition) is 3. The maximum Gasteiger partial charge on any atom is 0.408 e. The van der Waals surface area contributed by atoms with E-state index in [1.165, 1.54) is 11.0 Å². The number of benzene rings is 2. The van der Waals surface area contributed by atoms with E-state index < -0.39 is 65.0 Å². The van der Waals surface area contributed by atoms with E-state index >= 15 is 0 Å². The van der Waals surface area contributed by atoms with Crippen molar-refractivity contribution in [1.82, 2.24) is 30.5 Å². The van der Waals surface area contributed by atoms with Gasteiger partial charge in [-0.2, -0.15) is 15.0 Å². The number of fused-ring (bicyclic) bond motifs is 1. The van der Waals surface area contributed by atoms with E-state index in [-0.39, 0.29) is 38.2 Å². The molecule has 7 rings (SSSR count). The van der Waals surface area contributed by atoms with E-state index in [9.17, 15) is 24.3 Å². The fourth-order valence-corrected chi connectivity index (χ4v) is 7.49. The number of aliphatic carboxylic acids is 1. The lowest BCUT2D eigenvalue weighted by Crippen LogP contribution is -2.59. The lowest BCUT2D eigenvalue weighted by atomic mass is 9.85. The third-order valence-corrected chi connectivity index (χ3v) is 10.5. The van der Waals surface area contributed by atoms with Crippen LogP contribution >= 0.6 is 0 Å². The van der Waals surface area contributed by atoms with Crippen molar-refractivity contribution in [2.24, 2.45) is 11.3 Å². The summed E-state index contributed by atoms with van der Waals surface area (Å²) in [5, 5.41) is 25.4. The summed E-state index contributed by atoms with van der Waals surface area (Å²) in [6.07, 6.45) is 0.593. The minimum atomic E-state index is -1.51. The monoisotopic (exact) mass is 712 g/mol. The van der Waals surface area contributed by atoms with Crippen LogP contribution in [0.25, 0.3) is 22.5 Å². The van der Waals surface area contributed by atoms with Crippen molar-refractivity contribution in [2.75, 3.05) is 19.8 Å². The van der Waals surface area contributed by atoms with Crippen LogP contribution in [0.4, 0.5) is 4.79 Å². The zero-order chi connectivity index (χ0) is 36.8. The predicted molar refractivity (Wildman–Crippen MR) is 188 cm³/mol. The van der Waals surface area contributed by atoms with Crippen LogP contribution in [0, 0.1) is 11.3 Å². The normalized spacial score (nSPS) is 28.5. The summed E-state index contributed by atoms with van der Waals surface area (Å²) in [5.74, 6) is -2.77. The average molecular weight is 713 g/mol. The van der Waals surface area contributed by atoms with Crippen LogP contribution in [0.2, 0.25) is 0 Å². The number of carboxylic acids is 1. The van der Waals surface area contributed by atoms with Gasteiger partial charge in [-0.15, -0.1) is 6.58 Å². The molecule has 0 spiro atoms. The fraction of sp³-hybridized carbons (Fsp3) is 0.474. The van der Waals surface area contributed by atoms with Gasteiger partial charge in [-0.25, -0.2) is 9.59 Å². The molecule has 8 atom stereocenters. The number of nitrogens with zero attached hydrogens (tertiary/aromatic N) is 4. The SMILES string of the molecule is C=CC1CC1(NC(=O)C1CC(n2nc(-c3ccccc3)c(-c3ccccc3)n2)CN1C(=O)C(NC(=O)OC1COC2CCOC21)C(C)(C)C)C(=O)O. The molecule has 2 aromatic carbocycles. The molecule has 1 aliphatic carbocycles. The molecule has 3 saturated heterocycles. The summed E-state index contributed by atoms with van der Waals surface area (Å²) in [6, 6.07) is 16.5. The van der Waals surface area contributed by atoms with Gasteiger partial charge in [0.25, 0.3) is 0 Å². The lowest BCUT2D eigenvalue weighted by Gasteiger charge is -2.35. The number of carboxylic acid groups (broad SMARTS) is 1. The molecule has 3 aromatic rings. The molecule has 4 fully saturated rings. The molecule has 1 aromatic heterocycles. The number of hydrogen-bond acceptors (Lipinski definition) is 9. The van der Waals surface area contributed by atoms with Crippen LogP contribution in [0.5, 0.6) is 0 Å². The maximum atomic E-state index is 14.6. The molecule has 52 heavy (non-hydrogen) atoms. The van der Waals surface area contributed by atoms with Crippen LogP contribution < -0.4 is 10.6 Å². The summed E-state index contributed by atoms with van der Waals surface area (Å²) in [7, 11) is 0. The Bertz CT molecular complexity index is 1790. The number of alkyl carbamates (subject to hydrolysis) is 1. The first kappa shape index (κ1) is 35.3. The second-order valence-corrected chi connectivity index (χ2v) is 15.0. The highest BCUT2D eigenvalue weighted by molar-refractivity contribution is 5.96. The maximum absolute atomic E-state index is 14.6. The summed E-state index contributed by atoms with van der Waals surface area (Å²) < 4.78 is 17.1. The second kappa shape index (κ2) is 13.8. The quantitative estimate of drug-likeness (QED) is 0.264. The first-order chi connectivity index (χ1) is 24.9. The van der Waals surface area contributed by atoms with Gasteiger partial charge in [0.05, 0.1) is 18.8 Å². The van der Waals surface area contributed by atoms with Crippen molar-refractivity contribution < 1.29 is 38.5 Å². The van der Waals surface area contributed by atoms with Gasteiger partial charge in [0.2, 0.25) is 11.8 Å². The first-order valence-electron chi connectivity index (χ1n) is 17.7. The van der Waals surface area contributed by atoms with Gasteiger partial charge < -0.3 is 34.9 Å². The van der Waals surface area contributed by atoms with E-state index in [4.69, 9.17) is 24.4 Å². The number of rotatable bonds is 10. The number of aromatic nitrogens is 3. The molecular weight excluding hydrogens is 668 g/mol. The highest BCUT2D eigenvalue weighted by atomic mass is 16.6. The Kier molecular flexibility index (Phi) is 9.38. The molecule has 0 radical (unpaired) electrons. The molecule has 4 aliphatic rings. The molecule has 8 unspecified atom stereocenters. The molecule has 274 valence electrons. The standard InChI is InChI=1S/C38H44N6O8/c1-5-24-19-38(24,35(47)48)40-33(45)26-18-25(44-41-29(22-12-8-6-9-13-22)30(42-44)23-14-10-7-11-15-23)20-43(26)34(46)32(37(2,3)4)39-36(49)52-28-21-51-27-16-17-50-31(27)28/h5-15,24-28,31-32H,1,16-21H2,2-4H3,(H,39,49)(H,40,45)(H,47,48). The van der Waals surface area contributed by atoms with E-state index in [0.29, 0.717) is 18.0 Å². The van der Waals surface area contributed by atoms with Crippen LogP contribution in [0.15, 0.2) is 73.3 Å². The van der Waals surface area contributed by atoms with Crippen LogP contribution in [-0.4, -0.2) is 105 Å². The van der Waals surface area contributed by atoms with Crippen LogP contribution in [0.3, 0.4) is 0 Å². The molecule has 14 nitrogen and oxygen atoms in total. The van der Waals surface area contributed by atoms with E-state index in [1.807, 2.05) is 60.7 Å².